The molecule has 1 unspecified atom stereocenters. The van der Waals surface area contributed by atoms with E-state index in [1.165, 1.54) is 6.92 Å². The molecule has 0 spiro atoms. The molecule has 1 aromatic heterocycles. The zero-order chi connectivity index (χ0) is 13.7. The van der Waals surface area contributed by atoms with E-state index in [9.17, 15) is 9.59 Å². The Bertz CT molecular complexity index is 466. The minimum atomic E-state index is -0.796. The Morgan fingerprint density at radius 1 is 1.50 bits per heavy atom. The van der Waals surface area contributed by atoms with Crippen molar-refractivity contribution in [3.8, 4) is 5.75 Å². The van der Waals surface area contributed by atoms with Crippen molar-refractivity contribution in [3.63, 3.8) is 0 Å². The van der Waals surface area contributed by atoms with Crippen LogP contribution in [0, 0.1) is 0 Å². The van der Waals surface area contributed by atoms with Gasteiger partial charge < -0.3 is 19.6 Å². The number of amides is 1. The van der Waals surface area contributed by atoms with E-state index in [4.69, 9.17) is 14.3 Å². The molecule has 1 amide bonds. The van der Waals surface area contributed by atoms with Crippen LogP contribution in [0.2, 0.25) is 0 Å². The summed E-state index contributed by atoms with van der Waals surface area (Å²) in [6.07, 6.45) is 0.294. The van der Waals surface area contributed by atoms with E-state index < -0.39 is 11.5 Å². The molecule has 1 aromatic rings. The number of hydrogen-bond donors (Lipinski definition) is 2. The van der Waals surface area contributed by atoms with Crippen LogP contribution >= 0.6 is 0 Å². The summed E-state index contributed by atoms with van der Waals surface area (Å²) in [6, 6.07) is 1.12. The van der Waals surface area contributed by atoms with Crippen molar-refractivity contribution in [1.82, 2.24) is 5.32 Å². The largest absolute Gasteiger partial charge is 0.474 e. The average Bonchev–Trinajstić information content (AvgIpc) is 2.30. The van der Waals surface area contributed by atoms with Crippen LogP contribution in [-0.2, 0) is 11.4 Å². The normalized spacial score (nSPS) is 12.3. The fourth-order valence-electron chi connectivity index (χ4n) is 1.25. The standard InChI is InChI=1S/C12H17NO5/c1-7(2)13-12(16)8(3)18-11-6-17-9(5-14)4-10(11)15/h4,6-8,14H,5H2,1-3H3,(H,13,16). The Balaban J connectivity index is 2.73. The highest BCUT2D eigenvalue weighted by molar-refractivity contribution is 5.80. The number of carbonyl (C=O) groups is 1. The lowest BCUT2D eigenvalue weighted by Crippen LogP contribution is -2.40. The summed E-state index contributed by atoms with van der Waals surface area (Å²) in [5.74, 6) is -0.221. The number of carbonyl (C=O) groups excluding carboxylic acids is 1. The third-order valence-corrected chi connectivity index (χ3v) is 2.11. The van der Waals surface area contributed by atoms with Crippen LogP contribution in [0.15, 0.2) is 21.5 Å². The molecule has 100 valence electrons. The molecule has 0 bridgehead atoms. The summed E-state index contributed by atoms with van der Waals surface area (Å²) in [5.41, 5.74) is -0.436. The number of aliphatic hydroxyl groups excluding tert-OH is 1. The molecular weight excluding hydrogens is 238 g/mol. The Morgan fingerprint density at radius 2 is 2.17 bits per heavy atom. The summed E-state index contributed by atoms with van der Waals surface area (Å²) in [5, 5.41) is 11.5. The van der Waals surface area contributed by atoms with Crippen LogP contribution < -0.4 is 15.5 Å². The SMILES string of the molecule is CC(C)NC(=O)C(C)Oc1coc(CO)cc1=O. The molecule has 0 saturated carbocycles. The molecule has 6 heteroatoms. The first kappa shape index (κ1) is 14.2. The predicted molar refractivity (Wildman–Crippen MR) is 64.3 cm³/mol. The lowest BCUT2D eigenvalue weighted by molar-refractivity contribution is -0.127. The van der Waals surface area contributed by atoms with Crippen molar-refractivity contribution >= 4 is 5.91 Å². The van der Waals surface area contributed by atoms with Gasteiger partial charge in [-0.1, -0.05) is 0 Å². The molecule has 0 saturated heterocycles. The highest BCUT2D eigenvalue weighted by Gasteiger charge is 2.17. The third kappa shape index (κ3) is 3.89. The molecule has 1 heterocycles. The van der Waals surface area contributed by atoms with Gasteiger partial charge in [-0.05, 0) is 20.8 Å². The van der Waals surface area contributed by atoms with E-state index in [0.717, 1.165) is 12.3 Å². The third-order valence-electron chi connectivity index (χ3n) is 2.11. The molecule has 18 heavy (non-hydrogen) atoms. The molecule has 2 N–H and O–H groups in total. The second-order valence-electron chi connectivity index (χ2n) is 4.16. The molecule has 0 aliphatic rings. The fraction of sp³-hybridized carbons (Fsp3) is 0.500. The van der Waals surface area contributed by atoms with Gasteiger partial charge in [-0.15, -0.1) is 0 Å². The van der Waals surface area contributed by atoms with Gasteiger partial charge in [-0.3, -0.25) is 9.59 Å². The Kier molecular flexibility index (Phi) is 4.91. The van der Waals surface area contributed by atoms with Gasteiger partial charge in [0.1, 0.15) is 18.6 Å². The molecule has 1 atom stereocenters. The number of rotatable bonds is 5. The maximum absolute atomic E-state index is 11.6. The van der Waals surface area contributed by atoms with Crippen LogP contribution in [-0.4, -0.2) is 23.2 Å². The van der Waals surface area contributed by atoms with Crippen LogP contribution in [0.3, 0.4) is 0 Å². The fourth-order valence-corrected chi connectivity index (χ4v) is 1.25. The summed E-state index contributed by atoms with van der Waals surface area (Å²) < 4.78 is 10.2. The second-order valence-corrected chi connectivity index (χ2v) is 4.16. The predicted octanol–water partition coefficient (Wildman–Crippen LogP) is 0.424. The molecule has 6 nitrogen and oxygen atoms in total. The molecule has 0 fully saturated rings. The van der Waals surface area contributed by atoms with Gasteiger partial charge in [0, 0.05) is 12.1 Å². The number of hydrogen-bond acceptors (Lipinski definition) is 5. The molecule has 0 aliphatic heterocycles. The van der Waals surface area contributed by atoms with Gasteiger partial charge in [0.15, 0.2) is 6.10 Å². The van der Waals surface area contributed by atoms with Crippen LogP contribution in [0.5, 0.6) is 5.75 Å². The van der Waals surface area contributed by atoms with Crippen molar-refractivity contribution < 1.29 is 19.1 Å². The maximum atomic E-state index is 11.6. The Hall–Kier alpha value is -1.82. The van der Waals surface area contributed by atoms with Crippen molar-refractivity contribution in [3.05, 3.63) is 28.3 Å². The molecule has 1 rings (SSSR count). The van der Waals surface area contributed by atoms with Gasteiger partial charge in [-0.2, -0.15) is 0 Å². The van der Waals surface area contributed by atoms with Gasteiger partial charge >= 0.3 is 0 Å². The van der Waals surface area contributed by atoms with E-state index in [1.807, 2.05) is 13.8 Å². The average molecular weight is 255 g/mol. The van der Waals surface area contributed by atoms with Crippen molar-refractivity contribution in [2.24, 2.45) is 0 Å². The van der Waals surface area contributed by atoms with E-state index in [0.29, 0.717) is 0 Å². The lowest BCUT2D eigenvalue weighted by Gasteiger charge is -2.15. The van der Waals surface area contributed by atoms with Crippen LogP contribution in [0.1, 0.15) is 26.5 Å². The van der Waals surface area contributed by atoms with Crippen molar-refractivity contribution in [2.45, 2.75) is 39.5 Å². The first-order valence-corrected chi connectivity index (χ1v) is 5.63. The van der Waals surface area contributed by atoms with E-state index in [1.54, 1.807) is 0 Å². The lowest BCUT2D eigenvalue weighted by atomic mass is 10.3. The number of ether oxygens (including phenoxy) is 1. The minimum Gasteiger partial charge on any atom is -0.474 e. The van der Waals surface area contributed by atoms with Crippen molar-refractivity contribution in [1.29, 1.82) is 0 Å². The maximum Gasteiger partial charge on any atom is 0.260 e. The highest BCUT2D eigenvalue weighted by Crippen LogP contribution is 2.08. The van der Waals surface area contributed by atoms with Crippen molar-refractivity contribution in [2.75, 3.05) is 0 Å². The molecule has 0 aromatic carbocycles. The van der Waals surface area contributed by atoms with Gasteiger partial charge in [0.05, 0.1) is 0 Å². The second kappa shape index (κ2) is 6.20. The Labute approximate surface area is 105 Å². The van der Waals surface area contributed by atoms with Gasteiger partial charge in [0.2, 0.25) is 11.2 Å². The monoisotopic (exact) mass is 255 g/mol. The summed E-state index contributed by atoms with van der Waals surface area (Å²) >= 11 is 0. The first-order chi connectivity index (χ1) is 8.43. The number of aliphatic hydroxyl groups is 1. The van der Waals surface area contributed by atoms with Crippen LogP contribution in [0.25, 0.3) is 0 Å². The van der Waals surface area contributed by atoms with E-state index in [-0.39, 0.29) is 30.1 Å². The van der Waals surface area contributed by atoms with Gasteiger partial charge in [0.25, 0.3) is 5.91 Å². The zero-order valence-electron chi connectivity index (χ0n) is 10.6. The first-order valence-electron chi connectivity index (χ1n) is 5.63. The Morgan fingerprint density at radius 3 is 2.67 bits per heavy atom. The zero-order valence-corrected chi connectivity index (χ0v) is 10.6. The van der Waals surface area contributed by atoms with E-state index in [2.05, 4.69) is 5.32 Å². The summed E-state index contributed by atoms with van der Waals surface area (Å²) in [6.45, 7) is 4.83. The molecule has 0 radical (unpaired) electrons. The smallest absolute Gasteiger partial charge is 0.260 e. The quantitative estimate of drug-likeness (QED) is 0.796. The van der Waals surface area contributed by atoms with E-state index >= 15 is 0 Å². The van der Waals surface area contributed by atoms with Gasteiger partial charge in [-0.25, -0.2) is 0 Å². The summed E-state index contributed by atoms with van der Waals surface area (Å²) in [7, 11) is 0. The summed E-state index contributed by atoms with van der Waals surface area (Å²) in [4.78, 5) is 23.1. The topological polar surface area (TPSA) is 88.8 Å². The number of nitrogens with one attached hydrogen (secondary N) is 1. The molecule has 0 aliphatic carbocycles. The minimum absolute atomic E-state index is 0.00303. The highest BCUT2D eigenvalue weighted by atomic mass is 16.5. The molecular formula is C12H17NO5. The van der Waals surface area contributed by atoms with Crippen LogP contribution in [0.4, 0.5) is 0 Å².